The van der Waals surface area contributed by atoms with Crippen molar-refractivity contribution in [3.63, 3.8) is 0 Å². The SMILES string of the molecule is Cc1nc(Nc2cccc(C#N)c2)cc(C(=O)NC(C)(C)C)n1. The molecule has 0 atom stereocenters. The van der Waals surface area contributed by atoms with Crippen molar-refractivity contribution in [1.82, 2.24) is 15.3 Å². The Morgan fingerprint density at radius 1 is 1.22 bits per heavy atom. The number of nitrogens with one attached hydrogen (secondary N) is 2. The van der Waals surface area contributed by atoms with Gasteiger partial charge in [0, 0.05) is 17.3 Å². The number of hydrogen-bond acceptors (Lipinski definition) is 5. The lowest BCUT2D eigenvalue weighted by molar-refractivity contribution is 0.0914. The summed E-state index contributed by atoms with van der Waals surface area (Å²) < 4.78 is 0. The summed E-state index contributed by atoms with van der Waals surface area (Å²) in [5, 5.41) is 14.9. The third-order valence-corrected chi connectivity index (χ3v) is 2.82. The van der Waals surface area contributed by atoms with Gasteiger partial charge in [0.05, 0.1) is 11.6 Å². The van der Waals surface area contributed by atoms with Gasteiger partial charge in [0.1, 0.15) is 17.3 Å². The summed E-state index contributed by atoms with van der Waals surface area (Å²) in [6, 6.07) is 10.7. The molecular weight excluding hydrogens is 290 g/mol. The third-order valence-electron chi connectivity index (χ3n) is 2.82. The van der Waals surface area contributed by atoms with Crippen molar-refractivity contribution in [2.24, 2.45) is 0 Å². The number of hydrogen-bond donors (Lipinski definition) is 2. The molecule has 118 valence electrons. The zero-order valence-corrected chi connectivity index (χ0v) is 13.6. The molecule has 6 nitrogen and oxygen atoms in total. The number of carbonyl (C=O) groups is 1. The molecule has 0 saturated heterocycles. The fourth-order valence-electron chi connectivity index (χ4n) is 1.97. The Kier molecular flexibility index (Phi) is 4.60. The summed E-state index contributed by atoms with van der Waals surface area (Å²) in [5.74, 6) is 0.744. The van der Waals surface area contributed by atoms with Crippen LogP contribution in [-0.2, 0) is 0 Å². The van der Waals surface area contributed by atoms with Crippen LogP contribution in [0.15, 0.2) is 30.3 Å². The van der Waals surface area contributed by atoms with E-state index >= 15 is 0 Å². The van der Waals surface area contributed by atoms with Gasteiger partial charge in [0.25, 0.3) is 5.91 Å². The minimum absolute atomic E-state index is 0.253. The topological polar surface area (TPSA) is 90.7 Å². The van der Waals surface area contributed by atoms with E-state index in [0.717, 1.165) is 5.69 Å². The Labute approximate surface area is 135 Å². The Bertz CT molecular complexity index is 771. The molecule has 1 amide bonds. The number of nitriles is 1. The van der Waals surface area contributed by atoms with Crippen molar-refractivity contribution in [3.05, 3.63) is 47.4 Å². The monoisotopic (exact) mass is 309 g/mol. The maximum Gasteiger partial charge on any atom is 0.270 e. The minimum atomic E-state index is -0.343. The Balaban J connectivity index is 2.27. The highest BCUT2D eigenvalue weighted by Gasteiger charge is 2.17. The van der Waals surface area contributed by atoms with Gasteiger partial charge < -0.3 is 10.6 Å². The predicted octanol–water partition coefficient (Wildman–Crippen LogP) is 2.93. The van der Waals surface area contributed by atoms with Crippen molar-refractivity contribution in [1.29, 1.82) is 5.26 Å². The van der Waals surface area contributed by atoms with Crippen LogP contribution in [0, 0.1) is 18.3 Å². The van der Waals surface area contributed by atoms with Crippen molar-refractivity contribution in [3.8, 4) is 6.07 Å². The van der Waals surface area contributed by atoms with E-state index in [4.69, 9.17) is 5.26 Å². The van der Waals surface area contributed by atoms with Gasteiger partial charge in [-0.3, -0.25) is 4.79 Å². The van der Waals surface area contributed by atoms with Crippen molar-refractivity contribution < 1.29 is 4.79 Å². The Morgan fingerprint density at radius 2 is 1.96 bits per heavy atom. The minimum Gasteiger partial charge on any atom is -0.346 e. The van der Waals surface area contributed by atoms with Gasteiger partial charge in [-0.1, -0.05) is 6.07 Å². The number of anilines is 2. The molecule has 0 radical (unpaired) electrons. The molecule has 0 aliphatic carbocycles. The van der Waals surface area contributed by atoms with Gasteiger partial charge in [0.2, 0.25) is 0 Å². The van der Waals surface area contributed by atoms with E-state index in [1.54, 1.807) is 31.2 Å². The van der Waals surface area contributed by atoms with Crippen molar-refractivity contribution >= 4 is 17.4 Å². The first-order chi connectivity index (χ1) is 10.8. The van der Waals surface area contributed by atoms with Gasteiger partial charge in [-0.15, -0.1) is 0 Å². The summed E-state index contributed by atoms with van der Waals surface area (Å²) in [6.07, 6.45) is 0. The summed E-state index contributed by atoms with van der Waals surface area (Å²) in [4.78, 5) is 20.7. The molecule has 2 aromatic rings. The van der Waals surface area contributed by atoms with Gasteiger partial charge in [-0.2, -0.15) is 5.26 Å². The van der Waals surface area contributed by atoms with E-state index < -0.39 is 0 Å². The van der Waals surface area contributed by atoms with E-state index in [1.807, 2.05) is 26.8 Å². The van der Waals surface area contributed by atoms with Gasteiger partial charge in [0.15, 0.2) is 0 Å². The maximum absolute atomic E-state index is 12.2. The van der Waals surface area contributed by atoms with Crippen LogP contribution in [0.5, 0.6) is 0 Å². The van der Waals surface area contributed by atoms with Gasteiger partial charge in [-0.25, -0.2) is 9.97 Å². The van der Waals surface area contributed by atoms with Crippen molar-refractivity contribution in [2.75, 3.05) is 5.32 Å². The lowest BCUT2D eigenvalue weighted by atomic mass is 10.1. The zero-order valence-electron chi connectivity index (χ0n) is 13.6. The highest BCUT2D eigenvalue weighted by atomic mass is 16.2. The molecule has 0 bridgehead atoms. The lowest BCUT2D eigenvalue weighted by Gasteiger charge is -2.20. The molecule has 23 heavy (non-hydrogen) atoms. The average Bonchev–Trinajstić information content (AvgIpc) is 2.45. The van der Waals surface area contributed by atoms with Gasteiger partial charge in [-0.05, 0) is 45.9 Å². The van der Waals surface area contributed by atoms with Crippen LogP contribution in [-0.4, -0.2) is 21.4 Å². The maximum atomic E-state index is 12.2. The number of carbonyl (C=O) groups excluding carboxylic acids is 1. The molecule has 1 aromatic heterocycles. The lowest BCUT2D eigenvalue weighted by Crippen LogP contribution is -2.41. The molecule has 0 aliphatic rings. The summed E-state index contributed by atoms with van der Waals surface area (Å²) in [6.45, 7) is 7.45. The molecule has 2 rings (SSSR count). The molecule has 1 heterocycles. The summed E-state index contributed by atoms with van der Waals surface area (Å²) in [7, 11) is 0. The van der Waals surface area contributed by atoms with E-state index in [1.165, 1.54) is 0 Å². The highest BCUT2D eigenvalue weighted by Crippen LogP contribution is 2.17. The van der Waals surface area contributed by atoms with E-state index in [-0.39, 0.29) is 11.4 Å². The zero-order chi connectivity index (χ0) is 17.0. The van der Waals surface area contributed by atoms with Crippen LogP contribution < -0.4 is 10.6 Å². The first kappa shape index (κ1) is 16.4. The standard InChI is InChI=1S/C17H19N5O/c1-11-19-14(16(23)22-17(2,3)4)9-15(20-11)21-13-7-5-6-12(8-13)10-18/h5-9H,1-4H3,(H,22,23)(H,19,20,21). The fourth-order valence-corrected chi connectivity index (χ4v) is 1.97. The summed E-state index contributed by atoms with van der Waals surface area (Å²) in [5.41, 5.74) is 1.23. The van der Waals surface area contributed by atoms with E-state index in [2.05, 4.69) is 26.7 Å². The predicted molar refractivity (Wildman–Crippen MR) is 88.4 cm³/mol. The molecule has 0 unspecified atom stereocenters. The van der Waals surface area contributed by atoms with Crippen molar-refractivity contribution in [2.45, 2.75) is 33.2 Å². The van der Waals surface area contributed by atoms with Crippen LogP contribution in [0.1, 0.15) is 42.6 Å². The third kappa shape index (κ3) is 4.78. The number of nitrogens with zero attached hydrogens (tertiary/aromatic N) is 3. The van der Waals surface area contributed by atoms with Crippen LogP contribution in [0.3, 0.4) is 0 Å². The molecule has 0 spiro atoms. The molecule has 0 fully saturated rings. The van der Waals surface area contributed by atoms with Crippen LogP contribution in [0.2, 0.25) is 0 Å². The second-order valence-electron chi connectivity index (χ2n) is 6.21. The quantitative estimate of drug-likeness (QED) is 0.909. The molecule has 0 saturated carbocycles. The second-order valence-corrected chi connectivity index (χ2v) is 6.21. The molecule has 2 N–H and O–H groups in total. The number of aryl methyl sites for hydroxylation is 1. The number of amides is 1. The molecule has 0 aliphatic heterocycles. The van der Waals surface area contributed by atoms with Gasteiger partial charge >= 0.3 is 0 Å². The summed E-state index contributed by atoms with van der Waals surface area (Å²) >= 11 is 0. The first-order valence-corrected chi connectivity index (χ1v) is 7.22. The Hall–Kier alpha value is -2.94. The molecular formula is C17H19N5O. The second kappa shape index (κ2) is 6.44. The first-order valence-electron chi connectivity index (χ1n) is 7.22. The highest BCUT2D eigenvalue weighted by molar-refractivity contribution is 5.93. The number of rotatable bonds is 3. The number of benzene rings is 1. The van der Waals surface area contributed by atoms with Crippen LogP contribution in [0.25, 0.3) is 0 Å². The van der Waals surface area contributed by atoms with Crippen LogP contribution in [0.4, 0.5) is 11.5 Å². The fraction of sp³-hybridized carbons (Fsp3) is 0.294. The average molecular weight is 309 g/mol. The van der Waals surface area contributed by atoms with E-state index in [9.17, 15) is 4.79 Å². The normalized spacial score (nSPS) is 10.7. The Morgan fingerprint density at radius 3 is 2.61 bits per heavy atom. The van der Waals surface area contributed by atoms with Crippen LogP contribution >= 0.6 is 0 Å². The number of aromatic nitrogens is 2. The largest absolute Gasteiger partial charge is 0.346 e. The van der Waals surface area contributed by atoms with E-state index in [0.29, 0.717) is 22.9 Å². The molecule has 1 aromatic carbocycles. The smallest absolute Gasteiger partial charge is 0.270 e. The molecule has 6 heteroatoms.